The van der Waals surface area contributed by atoms with Gasteiger partial charge in [0.2, 0.25) is 0 Å². The summed E-state index contributed by atoms with van der Waals surface area (Å²) in [6.45, 7) is 6.41. The Morgan fingerprint density at radius 1 is 0.266 bits per heavy atom. The monoisotopic (exact) mass is 1100 g/mol. The van der Waals surface area contributed by atoms with Gasteiger partial charge in [-0.1, -0.05) is 284 Å². The number of allylic oxidation sites excluding steroid dienone is 18. The first-order chi connectivity index (χ1) is 39.0. The van der Waals surface area contributed by atoms with Crippen LogP contribution in [-0.4, -0.2) is 37.2 Å². The smallest absolute Gasteiger partial charge is 0.306 e. The highest BCUT2D eigenvalue weighted by Gasteiger charge is 2.19. The second-order valence-electron chi connectivity index (χ2n) is 22.0. The molecule has 0 radical (unpaired) electrons. The number of ether oxygens (including phenoxy) is 3. The third-order valence-electron chi connectivity index (χ3n) is 14.2. The van der Waals surface area contributed by atoms with Crippen molar-refractivity contribution < 1.29 is 28.6 Å². The van der Waals surface area contributed by atoms with Crippen molar-refractivity contribution in [3.8, 4) is 0 Å². The molecule has 0 saturated carbocycles. The molecular weight excluding hydrogens is 973 g/mol. The lowest BCUT2D eigenvalue weighted by Gasteiger charge is -2.18. The van der Waals surface area contributed by atoms with Crippen molar-refractivity contribution in [2.24, 2.45) is 0 Å². The van der Waals surface area contributed by atoms with Crippen LogP contribution in [-0.2, 0) is 28.6 Å². The summed E-state index contributed by atoms with van der Waals surface area (Å²) in [6, 6.07) is 0. The second kappa shape index (κ2) is 66.6. The Labute approximate surface area is 489 Å². The Bertz CT molecular complexity index is 1590. The molecule has 0 fully saturated rings. The predicted octanol–water partition coefficient (Wildman–Crippen LogP) is 23.0. The van der Waals surface area contributed by atoms with Gasteiger partial charge in [-0.25, -0.2) is 0 Å². The molecule has 0 N–H and O–H groups in total. The van der Waals surface area contributed by atoms with E-state index in [0.29, 0.717) is 19.3 Å². The van der Waals surface area contributed by atoms with Crippen LogP contribution in [0, 0.1) is 0 Å². The van der Waals surface area contributed by atoms with Gasteiger partial charge in [0.05, 0.1) is 0 Å². The van der Waals surface area contributed by atoms with E-state index in [1.807, 2.05) is 0 Å². The number of hydrogen-bond acceptors (Lipinski definition) is 6. The summed E-state index contributed by atoms with van der Waals surface area (Å²) in [5, 5.41) is 0. The Morgan fingerprint density at radius 2 is 0.494 bits per heavy atom. The molecule has 0 spiro atoms. The van der Waals surface area contributed by atoms with E-state index in [-0.39, 0.29) is 31.1 Å². The first kappa shape index (κ1) is 75.1. The van der Waals surface area contributed by atoms with E-state index < -0.39 is 6.10 Å². The summed E-state index contributed by atoms with van der Waals surface area (Å²) < 4.78 is 16.9. The van der Waals surface area contributed by atoms with Crippen molar-refractivity contribution in [3.63, 3.8) is 0 Å². The average molecular weight is 1100 g/mol. The van der Waals surface area contributed by atoms with Gasteiger partial charge in [0.15, 0.2) is 6.10 Å². The number of carbonyl (C=O) groups excluding carboxylic acids is 3. The van der Waals surface area contributed by atoms with Crippen LogP contribution in [0.5, 0.6) is 0 Å². The van der Waals surface area contributed by atoms with Crippen LogP contribution in [0.3, 0.4) is 0 Å². The van der Waals surface area contributed by atoms with E-state index in [9.17, 15) is 14.4 Å². The zero-order chi connectivity index (χ0) is 57.1. The lowest BCUT2D eigenvalue weighted by atomic mass is 10.0. The first-order valence-corrected chi connectivity index (χ1v) is 33.4. The molecular formula is C73H124O6. The van der Waals surface area contributed by atoms with E-state index >= 15 is 0 Å². The summed E-state index contributed by atoms with van der Waals surface area (Å²) >= 11 is 0. The van der Waals surface area contributed by atoms with E-state index in [2.05, 4.69) is 130 Å². The van der Waals surface area contributed by atoms with Crippen LogP contribution in [0.4, 0.5) is 0 Å². The van der Waals surface area contributed by atoms with Crippen LogP contribution in [0.1, 0.15) is 316 Å². The molecule has 0 aromatic rings. The molecule has 0 rings (SSSR count). The Balaban J connectivity index is 4.29. The fourth-order valence-electron chi connectivity index (χ4n) is 9.30. The summed E-state index contributed by atoms with van der Waals surface area (Å²) in [5.41, 5.74) is 0. The molecule has 6 heteroatoms. The van der Waals surface area contributed by atoms with E-state index in [1.54, 1.807) is 0 Å². The molecule has 0 aliphatic rings. The number of carbonyl (C=O) groups is 3. The van der Waals surface area contributed by atoms with Gasteiger partial charge in [0.1, 0.15) is 13.2 Å². The Hall–Kier alpha value is -3.93. The minimum absolute atomic E-state index is 0.0894. The van der Waals surface area contributed by atoms with Crippen LogP contribution in [0.2, 0.25) is 0 Å². The van der Waals surface area contributed by atoms with Crippen molar-refractivity contribution in [2.45, 2.75) is 322 Å². The second-order valence-corrected chi connectivity index (χ2v) is 22.0. The number of rotatable bonds is 60. The number of unbranched alkanes of at least 4 members (excludes halogenated alkanes) is 31. The zero-order valence-corrected chi connectivity index (χ0v) is 51.9. The maximum atomic E-state index is 12.9. The van der Waals surface area contributed by atoms with Gasteiger partial charge in [-0.15, -0.1) is 0 Å². The minimum atomic E-state index is -0.796. The molecule has 79 heavy (non-hydrogen) atoms. The molecule has 0 aromatic heterocycles. The maximum Gasteiger partial charge on any atom is 0.306 e. The molecule has 0 aliphatic carbocycles. The van der Waals surface area contributed by atoms with Crippen molar-refractivity contribution in [1.82, 2.24) is 0 Å². The molecule has 0 aromatic carbocycles. The zero-order valence-electron chi connectivity index (χ0n) is 51.9. The van der Waals surface area contributed by atoms with Crippen LogP contribution < -0.4 is 0 Å². The summed E-state index contributed by atoms with van der Waals surface area (Å²) in [7, 11) is 0. The molecule has 0 bridgehead atoms. The van der Waals surface area contributed by atoms with E-state index in [1.165, 1.54) is 148 Å². The summed E-state index contributed by atoms with van der Waals surface area (Å²) in [4.78, 5) is 38.4. The largest absolute Gasteiger partial charge is 0.462 e. The lowest BCUT2D eigenvalue weighted by Crippen LogP contribution is -2.30. The molecule has 0 heterocycles. The van der Waals surface area contributed by atoms with Gasteiger partial charge >= 0.3 is 17.9 Å². The maximum absolute atomic E-state index is 12.9. The molecule has 0 amide bonds. The first-order valence-electron chi connectivity index (χ1n) is 33.4. The molecule has 452 valence electrons. The normalized spacial score (nSPS) is 12.8. The number of esters is 3. The highest BCUT2D eigenvalue weighted by atomic mass is 16.6. The lowest BCUT2D eigenvalue weighted by molar-refractivity contribution is -0.167. The van der Waals surface area contributed by atoms with Gasteiger partial charge in [-0.05, 0) is 122 Å². The van der Waals surface area contributed by atoms with Gasteiger partial charge in [-0.2, -0.15) is 0 Å². The van der Waals surface area contributed by atoms with Crippen LogP contribution in [0.15, 0.2) is 109 Å². The summed E-state index contributed by atoms with van der Waals surface area (Å²) in [5.74, 6) is -0.912. The Morgan fingerprint density at radius 3 is 0.785 bits per heavy atom. The topological polar surface area (TPSA) is 78.9 Å². The molecule has 0 saturated heterocycles. The fraction of sp³-hybridized carbons (Fsp3) is 0.712. The van der Waals surface area contributed by atoms with Crippen molar-refractivity contribution in [2.75, 3.05) is 13.2 Å². The average Bonchev–Trinajstić information content (AvgIpc) is 3.45. The Kier molecular flexibility index (Phi) is 63.3. The van der Waals surface area contributed by atoms with Gasteiger partial charge in [0, 0.05) is 19.3 Å². The minimum Gasteiger partial charge on any atom is -0.462 e. The molecule has 1 atom stereocenters. The third kappa shape index (κ3) is 64.8. The molecule has 6 nitrogen and oxygen atoms in total. The van der Waals surface area contributed by atoms with Crippen LogP contribution >= 0.6 is 0 Å². The highest BCUT2D eigenvalue weighted by Crippen LogP contribution is 2.16. The van der Waals surface area contributed by atoms with Crippen molar-refractivity contribution in [3.05, 3.63) is 109 Å². The van der Waals surface area contributed by atoms with Gasteiger partial charge in [-0.3, -0.25) is 14.4 Å². The van der Waals surface area contributed by atoms with Crippen molar-refractivity contribution >= 4 is 17.9 Å². The predicted molar refractivity (Wildman–Crippen MR) is 343 cm³/mol. The van der Waals surface area contributed by atoms with Gasteiger partial charge < -0.3 is 14.2 Å². The summed E-state index contributed by atoms with van der Waals surface area (Å²) in [6.07, 6.45) is 91.1. The fourth-order valence-corrected chi connectivity index (χ4v) is 9.30. The highest BCUT2D eigenvalue weighted by molar-refractivity contribution is 5.71. The van der Waals surface area contributed by atoms with Crippen LogP contribution in [0.25, 0.3) is 0 Å². The molecule has 1 unspecified atom stereocenters. The van der Waals surface area contributed by atoms with Gasteiger partial charge in [0.25, 0.3) is 0 Å². The third-order valence-corrected chi connectivity index (χ3v) is 14.2. The molecule has 0 aliphatic heterocycles. The standard InChI is InChI=1S/C73H124O6/c1-4-7-10-13-16-19-22-25-28-30-31-32-33-34-35-36-37-38-39-40-41-43-45-48-51-54-57-60-63-66-72(75)78-69-70(68-77-71(74)65-62-59-56-53-50-47-44-27-24-21-18-15-12-9-6-3)79-73(76)67-64-61-58-55-52-49-46-42-29-26-23-20-17-14-11-8-5-2/h7-8,10-11,16-17,19-20,25-29,31-32,44,46,49,70H,4-6,9,12-15,18,21-24,30,33-43,45,47-48,50-69H2,1-3H3/b10-7-,11-8-,19-16-,20-17-,28-25-,29-26-,32-31-,44-27-,49-46-. The van der Waals surface area contributed by atoms with E-state index in [0.717, 1.165) is 128 Å². The van der Waals surface area contributed by atoms with E-state index in [4.69, 9.17) is 14.2 Å². The van der Waals surface area contributed by atoms with Crippen molar-refractivity contribution in [1.29, 1.82) is 0 Å². The quantitative estimate of drug-likeness (QED) is 0.0261. The number of hydrogen-bond donors (Lipinski definition) is 0. The SMILES string of the molecule is CC/C=C\C/C=C\C/C=C\C/C=C\CCCCCCCCCCCCCCCCCCC(=O)OCC(COC(=O)CCCCCCC/C=C\CCCCCCCC)OC(=O)CCCCCC/C=C\C/C=C\C/C=C\C/C=C\CC.